The predicted octanol–water partition coefficient (Wildman–Crippen LogP) is 1.89. The molecule has 0 unspecified atom stereocenters. The van der Waals surface area contributed by atoms with E-state index >= 15 is 0 Å². The van der Waals surface area contributed by atoms with Crippen molar-refractivity contribution >= 4 is 21.7 Å². The van der Waals surface area contributed by atoms with Crippen LogP contribution < -0.4 is 10.6 Å². The third kappa shape index (κ3) is 2.90. The van der Waals surface area contributed by atoms with Crippen LogP contribution in [0, 0.1) is 0 Å². The lowest BCUT2D eigenvalue weighted by atomic mass is 10.1. The summed E-state index contributed by atoms with van der Waals surface area (Å²) in [7, 11) is 0. The van der Waals surface area contributed by atoms with Crippen LogP contribution >= 0.6 is 15.9 Å². The smallest absolute Gasteiger partial charge is 0.198 e. The van der Waals surface area contributed by atoms with Crippen molar-refractivity contribution in [3.05, 3.63) is 46.1 Å². The van der Waals surface area contributed by atoms with Gasteiger partial charge in [-0.05, 0) is 27.6 Å². The predicted molar refractivity (Wildman–Crippen MR) is 76.7 cm³/mol. The molecule has 0 bridgehead atoms. The van der Waals surface area contributed by atoms with Gasteiger partial charge in [0.1, 0.15) is 5.82 Å². The molecule has 3 heterocycles. The third-order valence-corrected chi connectivity index (χ3v) is 3.44. The van der Waals surface area contributed by atoms with Crippen LogP contribution in [0.2, 0.25) is 0 Å². The Hall–Kier alpha value is -1.53. The van der Waals surface area contributed by atoms with E-state index in [-0.39, 0.29) is 0 Å². The monoisotopic (exact) mass is 319 g/mol. The second kappa shape index (κ2) is 5.63. The van der Waals surface area contributed by atoms with E-state index in [4.69, 9.17) is 0 Å². The molecule has 0 amide bonds. The molecule has 0 fully saturated rings. The highest BCUT2D eigenvalue weighted by atomic mass is 79.9. The van der Waals surface area contributed by atoms with Crippen LogP contribution in [0.25, 0.3) is 0 Å². The molecule has 0 spiro atoms. The zero-order valence-corrected chi connectivity index (χ0v) is 11.9. The first kappa shape index (κ1) is 12.5. The minimum Gasteiger partial charge on any atom is -0.366 e. The molecule has 5 nitrogen and oxygen atoms in total. The second-order valence-corrected chi connectivity index (χ2v) is 5.12. The van der Waals surface area contributed by atoms with Gasteiger partial charge in [0, 0.05) is 44.0 Å². The summed E-state index contributed by atoms with van der Waals surface area (Å²) >= 11 is 3.37. The van der Waals surface area contributed by atoms with Crippen molar-refractivity contribution in [2.45, 2.75) is 19.5 Å². The number of nitrogens with one attached hydrogen (secondary N) is 2. The SMILES string of the molecule is Brc1nc2c(c(NCc3cccnc3)n1)CNCC2. The molecule has 0 aromatic carbocycles. The first-order valence-corrected chi connectivity index (χ1v) is 7.01. The maximum atomic E-state index is 4.44. The Balaban J connectivity index is 1.82. The lowest BCUT2D eigenvalue weighted by Crippen LogP contribution is -2.26. The topological polar surface area (TPSA) is 62.7 Å². The molecule has 98 valence electrons. The fourth-order valence-corrected chi connectivity index (χ4v) is 2.54. The molecule has 6 heteroatoms. The summed E-state index contributed by atoms with van der Waals surface area (Å²) in [6.07, 6.45) is 4.57. The summed E-state index contributed by atoms with van der Waals surface area (Å²) in [6, 6.07) is 3.98. The molecule has 2 N–H and O–H groups in total. The number of hydrogen-bond donors (Lipinski definition) is 2. The lowest BCUT2D eigenvalue weighted by molar-refractivity contribution is 0.625. The van der Waals surface area contributed by atoms with Crippen LogP contribution in [-0.2, 0) is 19.5 Å². The van der Waals surface area contributed by atoms with Gasteiger partial charge in [0.25, 0.3) is 0 Å². The van der Waals surface area contributed by atoms with Crippen LogP contribution in [-0.4, -0.2) is 21.5 Å². The van der Waals surface area contributed by atoms with E-state index in [1.54, 1.807) is 6.20 Å². The highest BCUT2D eigenvalue weighted by Gasteiger charge is 2.16. The Morgan fingerprint density at radius 2 is 2.32 bits per heavy atom. The van der Waals surface area contributed by atoms with E-state index in [1.165, 1.54) is 5.56 Å². The summed E-state index contributed by atoms with van der Waals surface area (Å²) in [5.41, 5.74) is 3.42. The minimum atomic E-state index is 0.641. The van der Waals surface area contributed by atoms with E-state index in [2.05, 4.69) is 41.5 Å². The number of fused-ring (bicyclic) bond motifs is 1. The Morgan fingerprint density at radius 3 is 3.16 bits per heavy atom. The summed E-state index contributed by atoms with van der Waals surface area (Å²) in [5.74, 6) is 0.896. The second-order valence-electron chi connectivity index (χ2n) is 4.41. The molecule has 2 aromatic heterocycles. The van der Waals surface area contributed by atoms with E-state index in [0.29, 0.717) is 11.3 Å². The standard InChI is InChI=1S/C13H14BrN5/c14-13-18-11-3-5-16-8-10(11)12(19-13)17-7-9-2-1-4-15-6-9/h1-2,4,6,16H,3,5,7-8H2,(H,17,18,19). The number of aromatic nitrogens is 3. The van der Waals surface area contributed by atoms with Gasteiger partial charge in [-0.2, -0.15) is 0 Å². The van der Waals surface area contributed by atoms with Crippen molar-refractivity contribution in [3.63, 3.8) is 0 Å². The van der Waals surface area contributed by atoms with Gasteiger partial charge in [-0.1, -0.05) is 6.07 Å². The van der Waals surface area contributed by atoms with E-state index in [1.807, 2.05) is 18.3 Å². The zero-order valence-electron chi connectivity index (χ0n) is 10.4. The molecule has 0 atom stereocenters. The van der Waals surface area contributed by atoms with Crippen LogP contribution in [0.5, 0.6) is 0 Å². The lowest BCUT2D eigenvalue weighted by Gasteiger charge is -2.19. The van der Waals surface area contributed by atoms with Gasteiger partial charge < -0.3 is 10.6 Å². The molecule has 1 aliphatic heterocycles. The molecule has 19 heavy (non-hydrogen) atoms. The Labute approximate surface area is 120 Å². The average molecular weight is 320 g/mol. The van der Waals surface area contributed by atoms with Crippen LogP contribution in [0.4, 0.5) is 5.82 Å². The molecule has 0 saturated heterocycles. The molecular weight excluding hydrogens is 306 g/mol. The van der Waals surface area contributed by atoms with Gasteiger partial charge in [-0.25, -0.2) is 9.97 Å². The molecule has 2 aromatic rings. The fraction of sp³-hybridized carbons (Fsp3) is 0.308. The highest BCUT2D eigenvalue weighted by Crippen LogP contribution is 2.22. The van der Waals surface area contributed by atoms with Gasteiger partial charge in [0.2, 0.25) is 0 Å². The molecule has 0 saturated carbocycles. The fourth-order valence-electron chi connectivity index (χ4n) is 2.15. The van der Waals surface area contributed by atoms with Crippen molar-refractivity contribution in [1.29, 1.82) is 0 Å². The summed E-state index contributed by atoms with van der Waals surface area (Å²) in [6.45, 7) is 2.50. The highest BCUT2D eigenvalue weighted by molar-refractivity contribution is 9.10. The average Bonchev–Trinajstić information content (AvgIpc) is 2.45. The van der Waals surface area contributed by atoms with E-state index in [0.717, 1.165) is 36.6 Å². The summed E-state index contributed by atoms with van der Waals surface area (Å²) < 4.78 is 0.641. The maximum absolute atomic E-state index is 4.44. The molecule has 0 radical (unpaired) electrons. The van der Waals surface area contributed by atoms with Gasteiger partial charge in [-0.3, -0.25) is 4.98 Å². The van der Waals surface area contributed by atoms with E-state index in [9.17, 15) is 0 Å². The van der Waals surface area contributed by atoms with Crippen molar-refractivity contribution in [2.75, 3.05) is 11.9 Å². The Bertz CT molecular complexity index is 573. The van der Waals surface area contributed by atoms with Crippen LogP contribution in [0.3, 0.4) is 0 Å². The quantitative estimate of drug-likeness (QED) is 0.846. The third-order valence-electron chi connectivity index (χ3n) is 3.09. The van der Waals surface area contributed by atoms with Gasteiger partial charge in [-0.15, -0.1) is 0 Å². The Morgan fingerprint density at radius 1 is 1.37 bits per heavy atom. The van der Waals surface area contributed by atoms with Gasteiger partial charge in [0.05, 0.1) is 5.69 Å². The molecule has 0 aliphatic carbocycles. The van der Waals surface area contributed by atoms with Crippen LogP contribution in [0.1, 0.15) is 16.8 Å². The number of anilines is 1. The Kier molecular flexibility index (Phi) is 3.70. The van der Waals surface area contributed by atoms with Crippen molar-refractivity contribution in [1.82, 2.24) is 20.3 Å². The molecule has 1 aliphatic rings. The molecule has 3 rings (SSSR count). The maximum Gasteiger partial charge on any atom is 0.198 e. The van der Waals surface area contributed by atoms with Crippen LogP contribution in [0.15, 0.2) is 29.3 Å². The number of rotatable bonds is 3. The van der Waals surface area contributed by atoms with E-state index < -0.39 is 0 Å². The first-order chi connectivity index (χ1) is 9.33. The summed E-state index contributed by atoms with van der Waals surface area (Å²) in [4.78, 5) is 13.0. The van der Waals surface area contributed by atoms with Crippen molar-refractivity contribution in [3.8, 4) is 0 Å². The normalized spacial score (nSPS) is 13.9. The van der Waals surface area contributed by atoms with Gasteiger partial charge >= 0.3 is 0 Å². The van der Waals surface area contributed by atoms with Crippen molar-refractivity contribution < 1.29 is 0 Å². The number of nitrogens with zero attached hydrogens (tertiary/aromatic N) is 3. The number of pyridine rings is 1. The first-order valence-electron chi connectivity index (χ1n) is 6.22. The van der Waals surface area contributed by atoms with Gasteiger partial charge in [0.15, 0.2) is 4.73 Å². The zero-order chi connectivity index (χ0) is 13.1. The van der Waals surface area contributed by atoms with Crippen molar-refractivity contribution in [2.24, 2.45) is 0 Å². The number of halogens is 1. The number of hydrogen-bond acceptors (Lipinski definition) is 5. The summed E-state index contributed by atoms with van der Waals surface area (Å²) in [5, 5.41) is 6.72. The minimum absolute atomic E-state index is 0.641. The largest absolute Gasteiger partial charge is 0.366 e. The molecular formula is C13H14BrN5.